The standard InChI is InChI=1S/C27H29BrN2O7S/c1-6-35-21-11-18(12-22-26(33)30(27(34)38-22)13-24(32)37-15(2)3)10-19(28)25(21)36-14-23(31)29-20-8-7-16(4)9-17(20)5/h7-12,15H,6,13-14H2,1-5H3,(H,29,31)/b22-12-. The minimum atomic E-state index is -0.659. The van der Waals surface area contributed by atoms with E-state index in [4.69, 9.17) is 14.2 Å². The van der Waals surface area contributed by atoms with Crippen molar-refractivity contribution in [1.29, 1.82) is 0 Å². The van der Waals surface area contributed by atoms with E-state index in [2.05, 4.69) is 21.2 Å². The smallest absolute Gasteiger partial charge is 0.326 e. The third-order valence-corrected chi connectivity index (χ3v) is 6.66. The number of rotatable bonds is 10. The summed E-state index contributed by atoms with van der Waals surface area (Å²) in [5.74, 6) is -0.900. The topological polar surface area (TPSA) is 111 Å². The zero-order chi connectivity index (χ0) is 28.0. The lowest BCUT2D eigenvalue weighted by Gasteiger charge is -2.15. The molecule has 1 heterocycles. The second-order valence-corrected chi connectivity index (χ2v) is 10.6. The highest BCUT2D eigenvalue weighted by molar-refractivity contribution is 9.10. The van der Waals surface area contributed by atoms with Crippen LogP contribution in [0.2, 0.25) is 0 Å². The van der Waals surface area contributed by atoms with Crippen molar-refractivity contribution < 1.29 is 33.4 Å². The number of hydrogen-bond acceptors (Lipinski definition) is 8. The number of amides is 3. The number of benzene rings is 2. The summed E-state index contributed by atoms with van der Waals surface area (Å²) in [6.45, 7) is 8.69. The molecule has 1 N–H and O–H groups in total. The van der Waals surface area contributed by atoms with Gasteiger partial charge >= 0.3 is 5.97 Å². The van der Waals surface area contributed by atoms with Crippen molar-refractivity contribution in [3.8, 4) is 11.5 Å². The van der Waals surface area contributed by atoms with Gasteiger partial charge in [0.1, 0.15) is 6.54 Å². The summed E-state index contributed by atoms with van der Waals surface area (Å²) in [6, 6.07) is 9.06. The molecule has 0 aliphatic carbocycles. The summed E-state index contributed by atoms with van der Waals surface area (Å²) >= 11 is 4.19. The Morgan fingerprint density at radius 1 is 1.13 bits per heavy atom. The largest absolute Gasteiger partial charge is 0.490 e. The Labute approximate surface area is 234 Å². The van der Waals surface area contributed by atoms with Gasteiger partial charge in [0, 0.05) is 5.69 Å². The lowest BCUT2D eigenvalue weighted by Crippen LogP contribution is -2.35. The number of hydrogen-bond donors (Lipinski definition) is 1. The molecule has 2 aromatic rings. The molecule has 3 rings (SSSR count). The summed E-state index contributed by atoms with van der Waals surface area (Å²) in [5, 5.41) is 2.28. The lowest BCUT2D eigenvalue weighted by molar-refractivity contribution is -0.149. The van der Waals surface area contributed by atoms with Gasteiger partial charge in [-0.05, 0) is 97.7 Å². The number of imide groups is 1. The molecule has 11 heteroatoms. The average Bonchev–Trinajstić information content (AvgIpc) is 3.07. The number of nitrogens with one attached hydrogen (secondary N) is 1. The van der Waals surface area contributed by atoms with E-state index >= 15 is 0 Å². The van der Waals surface area contributed by atoms with Gasteiger partial charge in [-0.15, -0.1) is 0 Å². The Morgan fingerprint density at radius 2 is 1.87 bits per heavy atom. The van der Waals surface area contributed by atoms with Gasteiger partial charge in [-0.25, -0.2) is 0 Å². The predicted molar refractivity (Wildman–Crippen MR) is 149 cm³/mol. The maximum Gasteiger partial charge on any atom is 0.326 e. The van der Waals surface area contributed by atoms with E-state index in [-0.39, 0.29) is 23.5 Å². The van der Waals surface area contributed by atoms with Gasteiger partial charge in [-0.1, -0.05) is 17.7 Å². The van der Waals surface area contributed by atoms with Gasteiger partial charge in [0.25, 0.3) is 17.1 Å². The van der Waals surface area contributed by atoms with Crippen molar-refractivity contribution in [3.63, 3.8) is 0 Å². The summed E-state index contributed by atoms with van der Waals surface area (Å²) < 4.78 is 17.0. The van der Waals surface area contributed by atoms with Crippen molar-refractivity contribution in [2.75, 3.05) is 25.1 Å². The molecular formula is C27H29BrN2O7S. The van der Waals surface area contributed by atoms with Crippen LogP contribution in [0.4, 0.5) is 10.5 Å². The van der Waals surface area contributed by atoms with Gasteiger partial charge < -0.3 is 19.5 Å². The first-order valence-electron chi connectivity index (χ1n) is 11.9. The third kappa shape index (κ3) is 7.61. The van der Waals surface area contributed by atoms with E-state index in [0.29, 0.717) is 33.8 Å². The molecule has 3 amide bonds. The fraction of sp³-hybridized carbons (Fsp3) is 0.333. The van der Waals surface area contributed by atoms with Gasteiger partial charge in [-0.2, -0.15) is 0 Å². The Kier molecular flexibility index (Phi) is 9.98. The van der Waals surface area contributed by atoms with E-state index < -0.39 is 23.7 Å². The molecule has 0 bridgehead atoms. The first-order valence-corrected chi connectivity index (χ1v) is 13.5. The first kappa shape index (κ1) is 29.2. The molecule has 38 heavy (non-hydrogen) atoms. The van der Waals surface area contributed by atoms with Crippen LogP contribution in [0.25, 0.3) is 6.08 Å². The molecular weight excluding hydrogens is 576 g/mol. The molecule has 1 fully saturated rings. The van der Waals surface area contributed by atoms with Gasteiger partial charge in [-0.3, -0.25) is 24.1 Å². The molecule has 0 spiro atoms. The number of esters is 1. The van der Waals surface area contributed by atoms with Crippen LogP contribution in [0, 0.1) is 13.8 Å². The molecule has 0 saturated carbocycles. The number of carbonyl (C=O) groups excluding carboxylic acids is 4. The summed E-state index contributed by atoms with van der Waals surface area (Å²) in [4.78, 5) is 50.6. The highest BCUT2D eigenvalue weighted by atomic mass is 79.9. The minimum absolute atomic E-state index is 0.156. The fourth-order valence-corrected chi connectivity index (χ4v) is 4.98. The van der Waals surface area contributed by atoms with Crippen molar-refractivity contribution in [1.82, 2.24) is 4.90 Å². The van der Waals surface area contributed by atoms with E-state index in [0.717, 1.165) is 27.8 Å². The van der Waals surface area contributed by atoms with Crippen molar-refractivity contribution >= 4 is 62.5 Å². The predicted octanol–water partition coefficient (Wildman–Crippen LogP) is 5.47. The van der Waals surface area contributed by atoms with Crippen LogP contribution in [-0.2, 0) is 19.1 Å². The van der Waals surface area contributed by atoms with Crippen molar-refractivity contribution in [2.24, 2.45) is 0 Å². The van der Waals surface area contributed by atoms with Crippen LogP contribution >= 0.6 is 27.7 Å². The highest BCUT2D eigenvalue weighted by Crippen LogP contribution is 2.39. The molecule has 9 nitrogen and oxygen atoms in total. The second kappa shape index (κ2) is 13.0. The highest BCUT2D eigenvalue weighted by Gasteiger charge is 2.37. The third-order valence-electron chi connectivity index (χ3n) is 5.16. The molecule has 1 aliphatic heterocycles. The second-order valence-electron chi connectivity index (χ2n) is 8.72. The van der Waals surface area contributed by atoms with E-state index in [9.17, 15) is 19.2 Å². The van der Waals surface area contributed by atoms with Crippen LogP contribution in [0.1, 0.15) is 37.5 Å². The quantitative estimate of drug-likeness (QED) is 0.281. The molecule has 1 saturated heterocycles. The van der Waals surface area contributed by atoms with E-state index in [1.807, 2.05) is 32.0 Å². The molecule has 0 aromatic heterocycles. The molecule has 202 valence electrons. The number of aryl methyl sites for hydroxylation is 2. The van der Waals surface area contributed by atoms with E-state index in [1.54, 1.807) is 32.9 Å². The molecule has 0 unspecified atom stereocenters. The number of carbonyl (C=O) groups is 4. The SMILES string of the molecule is CCOc1cc(/C=C2\SC(=O)N(CC(=O)OC(C)C)C2=O)cc(Br)c1OCC(=O)Nc1ccc(C)cc1C. The zero-order valence-corrected chi connectivity index (χ0v) is 24.2. The van der Waals surface area contributed by atoms with Crippen molar-refractivity contribution in [2.45, 2.75) is 40.7 Å². The maximum atomic E-state index is 12.8. The van der Waals surface area contributed by atoms with Crippen LogP contribution in [0.3, 0.4) is 0 Å². The summed E-state index contributed by atoms with van der Waals surface area (Å²) in [5.41, 5.74) is 3.30. The molecule has 2 aromatic carbocycles. The van der Waals surface area contributed by atoms with Gasteiger partial charge in [0.15, 0.2) is 18.1 Å². The zero-order valence-electron chi connectivity index (χ0n) is 21.8. The average molecular weight is 606 g/mol. The molecule has 1 aliphatic rings. The Hall–Kier alpha value is -3.31. The number of nitrogens with zero attached hydrogens (tertiary/aromatic N) is 1. The van der Waals surface area contributed by atoms with Crippen LogP contribution < -0.4 is 14.8 Å². The number of halogens is 1. The minimum Gasteiger partial charge on any atom is -0.490 e. The number of thioether (sulfide) groups is 1. The van der Waals surface area contributed by atoms with Gasteiger partial charge in [0.2, 0.25) is 0 Å². The normalized spacial score (nSPS) is 14.3. The summed E-state index contributed by atoms with van der Waals surface area (Å²) in [6.07, 6.45) is 1.17. The van der Waals surface area contributed by atoms with Crippen LogP contribution in [0.15, 0.2) is 39.7 Å². The molecule has 0 radical (unpaired) electrons. The van der Waals surface area contributed by atoms with Gasteiger partial charge in [0.05, 0.1) is 22.1 Å². The lowest BCUT2D eigenvalue weighted by atomic mass is 10.1. The fourth-order valence-electron chi connectivity index (χ4n) is 3.57. The Bertz CT molecular complexity index is 1290. The van der Waals surface area contributed by atoms with Crippen LogP contribution in [0.5, 0.6) is 11.5 Å². The van der Waals surface area contributed by atoms with Crippen LogP contribution in [-0.4, -0.2) is 53.8 Å². The Morgan fingerprint density at radius 3 is 2.53 bits per heavy atom. The number of ether oxygens (including phenoxy) is 3. The maximum absolute atomic E-state index is 12.8. The Balaban J connectivity index is 1.75. The first-order chi connectivity index (χ1) is 18.0. The van der Waals surface area contributed by atoms with E-state index in [1.165, 1.54) is 6.08 Å². The molecule has 0 atom stereocenters. The monoisotopic (exact) mass is 604 g/mol. The summed E-state index contributed by atoms with van der Waals surface area (Å²) in [7, 11) is 0. The number of anilines is 1. The van der Waals surface area contributed by atoms with Crippen molar-refractivity contribution in [3.05, 3.63) is 56.4 Å².